The number of hydrogen-bond donors (Lipinski definition) is 0. The van der Waals surface area contributed by atoms with Crippen LogP contribution in [0.2, 0.25) is 0 Å². The molecule has 3 rings (SSSR count). The van der Waals surface area contributed by atoms with Crippen molar-refractivity contribution in [2.75, 3.05) is 11.4 Å². The van der Waals surface area contributed by atoms with Crippen LogP contribution in [0.5, 0.6) is 0 Å². The van der Waals surface area contributed by atoms with E-state index in [1.165, 1.54) is 25.7 Å². The van der Waals surface area contributed by atoms with Crippen molar-refractivity contribution in [1.82, 2.24) is 4.98 Å². The van der Waals surface area contributed by atoms with Crippen molar-refractivity contribution in [1.29, 1.82) is 5.26 Å². The molecule has 1 aliphatic rings. The highest BCUT2D eigenvalue weighted by Gasteiger charge is 2.19. The van der Waals surface area contributed by atoms with Crippen molar-refractivity contribution in [3.05, 3.63) is 35.9 Å². The van der Waals surface area contributed by atoms with Crippen molar-refractivity contribution >= 4 is 16.7 Å². The molecule has 0 bridgehead atoms. The zero-order valence-corrected chi connectivity index (χ0v) is 11.8. The Hall–Kier alpha value is -2.08. The lowest BCUT2D eigenvalue weighted by molar-refractivity contribution is 0.612. The highest BCUT2D eigenvalue weighted by molar-refractivity contribution is 5.86. The maximum absolute atomic E-state index is 9.38. The number of nitriles is 1. The predicted octanol–water partition coefficient (Wildman–Crippen LogP) is 3.88. The van der Waals surface area contributed by atoms with E-state index >= 15 is 0 Å². The number of fused-ring (bicyclic) bond motifs is 1. The first-order valence-electron chi connectivity index (χ1n) is 7.36. The summed E-state index contributed by atoms with van der Waals surface area (Å²) in [5.41, 5.74) is 1.64. The highest BCUT2D eigenvalue weighted by atomic mass is 15.2. The molecular weight excluding hydrogens is 246 g/mol. The molecule has 0 radical (unpaired) electrons. The molecular formula is C17H19N3. The molecule has 1 unspecified atom stereocenters. The minimum Gasteiger partial charge on any atom is -0.354 e. The third-order valence-corrected chi connectivity index (χ3v) is 4.17. The van der Waals surface area contributed by atoms with Gasteiger partial charge >= 0.3 is 0 Å². The molecule has 1 aliphatic heterocycles. The summed E-state index contributed by atoms with van der Waals surface area (Å²) < 4.78 is 0. The van der Waals surface area contributed by atoms with Crippen LogP contribution in [0.25, 0.3) is 10.9 Å². The summed E-state index contributed by atoms with van der Waals surface area (Å²) in [5.74, 6) is 0.953. The van der Waals surface area contributed by atoms with Gasteiger partial charge in [-0.25, -0.2) is 4.98 Å². The van der Waals surface area contributed by atoms with Crippen molar-refractivity contribution in [3.8, 4) is 6.07 Å². The lowest BCUT2D eigenvalue weighted by Crippen LogP contribution is -2.33. The molecule has 0 N–H and O–H groups in total. The quantitative estimate of drug-likeness (QED) is 0.785. The summed E-state index contributed by atoms with van der Waals surface area (Å²) >= 11 is 0. The summed E-state index contributed by atoms with van der Waals surface area (Å²) in [7, 11) is 0. The van der Waals surface area contributed by atoms with Crippen molar-refractivity contribution in [3.63, 3.8) is 0 Å². The normalized spacial score (nSPS) is 19.6. The van der Waals surface area contributed by atoms with Crippen LogP contribution >= 0.6 is 0 Å². The molecule has 20 heavy (non-hydrogen) atoms. The van der Waals surface area contributed by atoms with Gasteiger partial charge in [0, 0.05) is 18.0 Å². The molecule has 0 saturated carbocycles. The van der Waals surface area contributed by atoms with E-state index in [9.17, 15) is 5.26 Å². The van der Waals surface area contributed by atoms with E-state index in [4.69, 9.17) is 4.98 Å². The van der Waals surface area contributed by atoms with Gasteiger partial charge in [0.05, 0.1) is 17.1 Å². The van der Waals surface area contributed by atoms with Crippen LogP contribution in [-0.2, 0) is 0 Å². The first-order valence-corrected chi connectivity index (χ1v) is 7.36. The van der Waals surface area contributed by atoms with E-state index in [1.54, 1.807) is 0 Å². The van der Waals surface area contributed by atoms with E-state index in [0.717, 1.165) is 28.8 Å². The van der Waals surface area contributed by atoms with Gasteiger partial charge in [-0.15, -0.1) is 0 Å². The molecule has 1 aromatic heterocycles. The van der Waals surface area contributed by atoms with E-state index in [0.29, 0.717) is 6.04 Å². The number of para-hydroxylation sites is 1. The number of anilines is 1. The molecule has 102 valence electrons. The number of aromatic nitrogens is 1. The highest BCUT2D eigenvalue weighted by Crippen LogP contribution is 2.26. The molecule has 3 heteroatoms. The van der Waals surface area contributed by atoms with E-state index in [1.807, 2.05) is 30.3 Å². The van der Waals surface area contributed by atoms with Crippen molar-refractivity contribution < 1.29 is 0 Å². The Morgan fingerprint density at radius 1 is 1.25 bits per heavy atom. The van der Waals surface area contributed by atoms with Crippen LogP contribution in [0.3, 0.4) is 0 Å². The van der Waals surface area contributed by atoms with Gasteiger partial charge in [-0.2, -0.15) is 5.26 Å². The van der Waals surface area contributed by atoms with Gasteiger partial charge in [0.15, 0.2) is 0 Å². The van der Waals surface area contributed by atoms with Crippen LogP contribution in [0, 0.1) is 11.3 Å². The van der Waals surface area contributed by atoms with Gasteiger partial charge < -0.3 is 4.90 Å². The number of nitrogens with zero attached hydrogens (tertiary/aromatic N) is 3. The van der Waals surface area contributed by atoms with Crippen molar-refractivity contribution in [2.45, 2.75) is 38.6 Å². The van der Waals surface area contributed by atoms with Crippen LogP contribution in [-0.4, -0.2) is 17.6 Å². The van der Waals surface area contributed by atoms with Crippen LogP contribution in [0.15, 0.2) is 30.3 Å². The fourth-order valence-electron chi connectivity index (χ4n) is 3.02. The minimum atomic E-state index is 0.498. The Balaban J connectivity index is 2.09. The second-order valence-corrected chi connectivity index (χ2v) is 5.55. The second kappa shape index (κ2) is 5.50. The van der Waals surface area contributed by atoms with Crippen LogP contribution in [0.1, 0.15) is 38.2 Å². The average molecular weight is 265 g/mol. The third-order valence-electron chi connectivity index (χ3n) is 4.17. The second-order valence-electron chi connectivity index (χ2n) is 5.55. The number of pyridine rings is 1. The fraction of sp³-hybridized carbons (Fsp3) is 0.412. The fourth-order valence-corrected chi connectivity index (χ4v) is 3.02. The molecule has 0 aliphatic carbocycles. The molecule has 0 amide bonds. The smallest absolute Gasteiger partial charge is 0.130 e. The lowest BCUT2D eigenvalue weighted by atomic mass is 10.1. The largest absolute Gasteiger partial charge is 0.354 e. The standard InChI is InChI=1S/C17H19N3/c1-13-7-3-2-6-10-20(13)17-11-14(12-18)15-8-4-5-9-16(15)19-17/h4-5,8-9,11,13H,2-3,6-7,10H2,1H3. The Labute approximate surface area is 119 Å². The molecule has 1 fully saturated rings. The van der Waals surface area contributed by atoms with Gasteiger partial charge in [0.2, 0.25) is 0 Å². The number of rotatable bonds is 1. The lowest BCUT2D eigenvalue weighted by Gasteiger charge is -2.28. The predicted molar refractivity (Wildman–Crippen MR) is 81.7 cm³/mol. The molecule has 3 nitrogen and oxygen atoms in total. The molecule has 1 atom stereocenters. The number of benzene rings is 1. The third kappa shape index (κ3) is 2.34. The van der Waals surface area contributed by atoms with Crippen LogP contribution in [0.4, 0.5) is 5.82 Å². The monoisotopic (exact) mass is 265 g/mol. The average Bonchev–Trinajstić information content (AvgIpc) is 2.70. The summed E-state index contributed by atoms with van der Waals surface area (Å²) in [4.78, 5) is 7.14. The molecule has 2 aromatic rings. The summed E-state index contributed by atoms with van der Waals surface area (Å²) in [6.45, 7) is 3.30. The molecule has 1 saturated heterocycles. The summed E-state index contributed by atoms with van der Waals surface area (Å²) in [6, 6.07) is 12.7. The minimum absolute atomic E-state index is 0.498. The Morgan fingerprint density at radius 2 is 2.10 bits per heavy atom. The Kier molecular flexibility index (Phi) is 3.56. The first kappa shape index (κ1) is 12.9. The zero-order valence-electron chi connectivity index (χ0n) is 11.8. The number of hydrogen-bond acceptors (Lipinski definition) is 3. The molecule has 1 aromatic carbocycles. The maximum atomic E-state index is 9.38. The van der Waals surface area contributed by atoms with E-state index in [2.05, 4.69) is 17.9 Å². The zero-order chi connectivity index (χ0) is 13.9. The Morgan fingerprint density at radius 3 is 2.95 bits per heavy atom. The van der Waals surface area contributed by atoms with E-state index < -0.39 is 0 Å². The SMILES string of the molecule is CC1CCCCCN1c1cc(C#N)c2ccccc2n1. The first-order chi connectivity index (χ1) is 9.79. The Bertz CT molecular complexity index is 657. The molecule has 0 spiro atoms. The van der Waals surface area contributed by atoms with Gasteiger partial charge in [-0.05, 0) is 31.9 Å². The van der Waals surface area contributed by atoms with Crippen LogP contribution < -0.4 is 4.90 Å². The van der Waals surface area contributed by atoms with Crippen molar-refractivity contribution in [2.24, 2.45) is 0 Å². The van der Waals surface area contributed by atoms with Gasteiger partial charge in [0.25, 0.3) is 0 Å². The topological polar surface area (TPSA) is 39.9 Å². The van der Waals surface area contributed by atoms with E-state index in [-0.39, 0.29) is 0 Å². The van der Waals surface area contributed by atoms with Gasteiger partial charge in [0.1, 0.15) is 5.82 Å². The molecule has 2 heterocycles. The summed E-state index contributed by atoms with van der Waals surface area (Å²) in [6.07, 6.45) is 4.99. The summed E-state index contributed by atoms with van der Waals surface area (Å²) in [5, 5.41) is 10.3. The van der Waals surface area contributed by atoms with Gasteiger partial charge in [-0.1, -0.05) is 31.0 Å². The van der Waals surface area contributed by atoms with Gasteiger partial charge in [-0.3, -0.25) is 0 Å². The maximum Gasteiger partial charge on any atom is 0.130 e.